The molecule has 17 heavy (non-hydrogen) atoms. The largest absolute Gasteiger partial charge is 0.380 e. The van der Waals surface area contributed by atoms with Crippen LogP contribution < -0.4 is 5.32 Å². The highest BCUT2D eigenvalue weighted by atomic mass is 19.1. The maximum absolute atomic E-state index is 12.6. The molecular formula is C14H22FNO. The minimum Gasteiger partial charge on any atom is -0.380 e. The van der Waals surface area contributed by atoms with Gasteiger partial charge in [0, 0.05) is 12.1 Å². The lowest BCUT2D eigenvalue weighted by molar-refractivity contribution is 0.133. The third kappa shape index (κ3) is 7.08. The molecule has 1 N–H and O–H groups in total. The van der Waals surface area contributed by atoms with Crippen LogP contribution in [0.1, 0.15) is 26.3 Å². The Balaban J connectivity index is 2.07. The molecule has 0 heterocycles. The molecule has 2 nitrogen and oxygen atoms in total. The second-order valence-corrected chi connectivity index (χ2v) is 5.17. The van der Waals surface area contributed by atoms with Crippen molar-refractivity contribution < 1.29 is 9.13 Å². The molecule has 1 rings (SSSR count). The lowest BCUT2D eigenvalue weighted by atomic mass is 10.1. The molecule has 3 heteroatoms. The van der Waals surface area contributed by atoms with Crippen molar-refractivity contribution in [1.29, 1.82) is 0 Å². The van der Waals surface area contributed by atoms with E-state index in [9.17, 15) is 4.39 Å². The van der Waals surface area contributed by atoms with Crippen molar-refractivity contribution in [3.05, 3.63) is 35.6 Å². The summed E-state index contributed by atoms with van der Waals surface area (Å²) in [6.07, 6.45) is 0.829. The molecule has 96 valence electrons. The summed E-state index contributed by atoms with van der Waals surface area (Å²) >= 11 is 0. The van der Waals surface area contributed by atoms with Crippen LogP contribution in [0.2, 0.25) is 0 Å². The number of halogens is 1. The molecule has 0 fully saturated rings. The zero-order valence-corrected chi connectivity index (χ0v) is 10.9. The van der Waals surface area contributed by atoms with E-state index in [1.807, 2.05) is 0 Å². The van der Waals surface area contributed by atoms with E-state index in [1.165, 1.54) is 12.1 Å². The summed E-state index contributed by atoms with van der Waals surface area (Å²) in [5.74, 6) is -0.191. The quantitative estimate of drug-likeness (QED) is 0.771. The van der Waals surface area contributed by atoms with Crippen molar-refractivity contribution in [3.63, 3.8) is 0 Å². The molecule has 0 amide bonds. The molecule has 0 saturated carbocycles. The standard InChI is InChI=1S/C14H22FNO/c1-14(2,3)16-9-11-17-10-8-12-4-6-13(15)7-5-12/h4-7,16H,8-11H2,1-3H3. The van der Waals surface area contributed by atoms with Crippen LogP contribution in [0, 0.1) is 5.82 Å². The van der Waals surface area contributed by atoms with Crippen LogP contribution in [0.5, 0.6) is 0 Å². The van der Waals surface area contributed by atoms with Crippen LogP contribution in [0.15, 0.2) is 24.3 Å². The maximum atomic E-state index is 12.6. The van der Waals surface area contributed by atoms with Crippen molar-refractivity contribution in [1.82, 2.24) is 5.32 Å². The van der Waals surface area contributed by atoms with Crippen LogP contribution in [0.25, 0.3) is 0 Å². The second-order valence-electron chi connectivity index (χ2n) is 5.17. The van der Waals surface area contributed by atoms with E-state index >= 15 is 0 Å². The number of nitrogens with one attached hydrogen (secondary N) is 1. The van der Waals surface area contributed by atoms with Crippen LogP contribution in [-0.4, -0.2) is 25.3 Å². The Hall–Kier alpha value is -0.930. The molecular weight excluding hydrogens is 217 g/mol. The Bertz CT molecular complexity index is 316. The van der Waals surface area contributed by atoms with Crippen molar-refractivity contribution in [2.24, 2.45) is 0 Å². The van der Waals surface area contributed by atoms with E-state index in [4.69, 9.17) is 4.74 Å². The molecule has 0 unspecified atom stereocenters. The van der Waals surface area contributed by atoms with Gasteiger partial charge in [0.15, 0.2) is 0 Å². The van der Waals surface area contributed by atoms with E-state index < -0.39 is 0 Å². The van der Waals surface area contributed by atoms with Crippen LogP contribution in [-0.2, 0) is 11.2 Å². The number of rotatable bonds is 6. The summed E-state index contributed by atoms with van der Waals surface area (Å²) in [5.41, 5.74) is 1.25. The zero-order valence-electron chi connectivity index (χ0n) is 10.9. The van der Waals surface area contributed by atoms with Gasteiger partial charge in [0.05, 0.1) is 13.2 Å². The van der Waals surface area contributed by atoms with Gasteiger partial charge >= 0.3 is 0 Å². The first kappa shape index (κ1) is 14.1. The molecule has 0 aliphatic heterocycles. The maximum Gasteiger partial charge on any atom is 0.123 e. The van der Waals surface area contributed by atoms with Gasteiger partial charge in [0.1, 0.15) is 5.82 Å². The topological polar surface area (TPSA) is 21.3 Å². The fraction of sp³-hybridized carbons (Fsp3) is 0.571. The summed E-state index contributed by atoms with van der Waals surface area (Å²) in [4.78, 5) is 0. The van der Waals surface area contributed by atoms with Gasteiger partial charge in [0.25, 0.3) is 0 Å². The predicted octanol–water partition coefficient (Wildman–Crippen LogP) is 2.77. The number of hydrogen-bond acceptors (Lipinski definition) is 2. The molecule has 1 aromatic carbocycles. The third-order valence-electron chi connectivity index (χ3n) is 2.35. The average molecular weight is 239 g/mol. The highest BCUT2D eigenvalue weighted by Gasteiger charge is 2.06. The highest BCUT2D eigenvalue weighted by Crippen LogP contribution is 2.03. The Labute approximate surface area is 103 Å². The monoisotopic (exact) mass is 239 g/mol. The van der Waals surface area contributed by atoms with Gasteiger partial charge in [-0.3, -0.25) is 0 Å². The average Bonchev–Trinajstić information content (AvgIpc) is 2.24. The Kier molecular flexibility index (Phi) is 5.59. The van der Waals surface area contributed by atoms with E-state index in [2.05, 4.69) is 26.1 Å². The van der Waals surface area contributed by atoms with Crippen molar-refractivity contribution in [3.8, 4) is 0 Å². The molecule has 0 radical (unpaired) electrons. The van der Waals surface area contributed by atoms with Gasteiger partial charge in [-0.25, -0.2) is 4.39 Å². The van der Waals surface area contributed by atoms with Gasteiger partial charge in [0.2, 0.25) is 0 Å². The van der Waals surface area contributed by atoms with Gasteiger partial charge in [-0.2, -0.15) is 0 Å². The molecule has 0 aliphatic rings. The van der Waals surface area contributed by atoms with Gasteiger partial charge in [-0.05, 0) is 44.9 Å². The molecule has 0 spiro atoms. The lowest BCUT2D eigenvalue weighted by Crippen LogP contribution is -2.38. The summed E-state index contributed by atoms with van der Waals surface area (Å²) in [6.45, 7) is 8.63. The van der Waals surface area contributed by atoms with E-state index in [0.717, 1.165) is 18.5 Å². The smallest absolute Gasteiger partial charge is 0.123 e. The number of ether oxygens (including phenoxy) is 1. The number of benzene rings is 1. The Morgan fingerprint density at radius 1 is 1.12 bits per heavy atom. The fourth-order valence-electron chi connectivity index (χ4n) is 1.44. The summed E-state index contributed by atoms with van der Waals surface area (Å²) in [5, 5.41) is 3.35. The lowest BCUT2D eigenvalue weighted by Gasteiger charge is -2.20. The van der Waals surface area contributed by atoms with Crippen molar-refractivity contribution in [2.75, 3.05) is 19.8 Å². The van der Waals surface area contributed by atoms with Gasteiger partial charge in [-0.15, -0.1) is 0 Å². The number of hydrogen-bond donors (Lipinski definition) is 1. The Morgan fingerprint density at radius 2 is 1.76 bits per heavy atom. The van der Waals surface area contributed by atoms with E-state index in [-0.39, 0.29) is 11.4 Å². The van der Waals surface area contributed by atoms with E-state index in [0.29, 0.717) is 13.2 Å². The van der Waals surface area contributed by atoms with Crippen molar-refractivity contribution >= 4 is 0 Å². The SMILES string of the molecule is CC(C)(C)NCCOCCc1ccc(F)cc1. The Morgan fingerprint density at radius 3 is 2.35 bits per heavy atom. The fourth-order valence-corrected chi connectivity index (χ4v) is 1.44. The molecule has 0 atom stereocenters. The van der Waals surface area contributed by atoms with Gasteiger partial charge < -0.3 is 10.1 Å². The molecule has 0 bridgehead atoms. The van der Waals surface area contributed by atoms with Crippen LogP contribution >= 0.6 is 0 Å². The van der Waals surface area contributed by atoms with Crippen LogP contribution in [0.4, 0.5) is 4.39 Å². The first-order valence-electron chi connectivity index (χ1n) is 6.04. The van der Waals surface area contributed by atoms with E-state index in [1.54, 1.807) is 12.1 Å². The summed E-state index contributed by atoms with van der Waals surface area (Å²) < 4.78 is 18.2. The highest BCUT2D eigenvalue weighted by molar-refractivity contribution is 5.15. The predicted molar refractivity (Wildman–Crippen MR) is 68.7 cm³/mol. The first-order valence-corrected chi connectivity index (χ1v) is 6.04. The molecule has 0 aliphatic carbocycles. The minimum absolute atomic E-state index is 0.139. The van der Waals surface area contributed by atoms with Gasteiger partial charge in [-0.1, -0.05) is 12.1 Å². The normalized spacial score (nSPS) is 11.8. The zero-order chi connectivity index (χ0) is 12.7. The summed E-state index contributed by atoms with van der Waals surface area (Å²) in [7, 11) is 0. The van der Waals surface area contributed by atoms with Crippen molar-refractivity contribution in [2.45, 2.75) is 32.7 Å². The molecule has 0 aromatic heterocycles. The first-order chi connectivity index (χ1) is 7.97. The van der Waals surface area contributed by atoms with Crippen LogP contribution in [0.3, 0.4) is 0 Å². The third-order valence-corrected chi connectivity index (χ3v) is 2.35. The second kappa shape index (κ2) is 6.72. The minimum atomic E-state index is -0.191. The molecule has 0 saturated heterocycles. The molecule has 1 aromatic rings. The summed E-state index contributed by atoms with van der Waals surface area (Å²) in [6, 6.07) is 6.56.